The van der Waals surface area contributed by atoms with Gasteiger partial charge in [-0.2, -0.15) is 0 Å². The number of carbonyl (C=O) groups excluding carboxylic acids is 1. The third-order valence-corrected chi connectivity index (χ3v) is 3.49. The fourth-order valence-electron chi connectivity index (χ4n) is 1.89. The highest BCUT2D eigenvalue weighted by Gasteiger charge is 2.18. The van der Waals surface area contributed by atoms with E-state index < -0.39 is 0 Å². The molecule has 0 spiro atoms. The summed E-state index contributed by atoms with van der Waals surface area (Å²) in [7, 11) is 1.63. The van der Waals surface area contributed by atoms with E-state index in [0.29, 0.717) is 26.0 Å². The summed E-state index contributed by atoms with van der Waals surface area (Å²) in [5, 5.41) is 1.47. The van der Waals surface area contributed by atoms with Crippen LogP contribution in [-0.4, -0.2) is 31.2 Å². The number of methoxy groups -OCH3 is 1. The van der Waals surface area contributed by atoms with Crippen LogP contribution in [0.25, 0.3) is 0 Å². The molecule has 0 saturated carbocycles. The summed E-state index contributed by atoms with van der Waals surface area (Å²) in [6, 6.07) is 5.86. The number of benzene rings is 1. The molecular formula is C13H16BrNO3. The van der Waals surface area contributed by atoms with Crippen molar-refractivity contribution in [2.45, 2.75) is 19.3 Å². The summed E-state index contributed by atoms with van der Waals surface area (Å²) >= 11 is 3.44. The number of amides is 1. The predicted molar refractivity (Wildman–Crippen MR) is 71.3 cm³/mol. The van der Waals surface area contributed by atoms with Gasteiger partial charge in [0, 0.05) is 6.42 Å². The first-order valence-corrected chi connectivity index (χ1v) is 6.75. The highest BCUT2D eigenvalue weighted by Crippen LogP contribution is 2.26. The van der Waals surface area contributed by atoms with Gasteiger partial charge < -0.3 is 4.74 Å². The number of ether oxygens (including phenoxy) is 1. The van der Waals surface area contributed by atoms with Crippen LogP contribution in [0.3, 0.4) is 0 Å². The summed E-state index contributed by atoms with van der Waals surface area (Å²) < 4.78 is 6.07. The minimum atomic E-state index is 0.0550. The van der Waals surface area contributed by atoms with Crippen LogP contribution in [0.2, 0.25) is 0 Å². The predicted octanol–water partition coefficient (Wildman–Crippen LogP) is 2.55. The van der Waals surface area contributed by atoms with Gasteiger partial charge >= 0.3 is 0 Å². The summed E-state index contributed by atoms with van der Waals surface area (Å²) in [6.07, 6.45) is 2.11. The van der Waals surface area contributed by atoms with Crippen molar-refractivity contribution in [3.8, 4) is 5.75 Å². The molecule has 0 N–H and O–H groups in total. The lowest BCUT2D eigenvalue weighted by Crippen LogP contribution is -2.26. The maximum absolute atomic E-state index is 11.8. The smallest absolute Gasteiger partial charge is 0.246 e. The maximum Gasteiger partial charge on any atom is 0.246 e. The van der Waals surface area contributed by atoms with Gasteiger partial charge in [0.25, 0.3) is 0 Å². The Labute approximate surface area is 115 Å². The molecule has 1 saturated heterocycles. The van der Waals surface area contributed by atoms with Crippen LogP contribution in [0.5, 0.6) is 5.75 Å². The van der Waals surface area contributed by atoms with Gasteiger partial charge in [0.1, 0.15) is 5.75 Å². The van der Waals surface area contributed by atoms with Crippen LogP contribution < -0.4 is 4.74 Å². The zero-order chi connectivity index (χ0) is 13.0. The van der Waals surface area contributed by atoms with Gasteiger partial charge in [0.2, 0.25) is 5.91 Å². The Morgan fingerprint density at radius 3 is 3.00 bits per heavy atom. The summed E-state index contributed by atoms with van der Waals surface area (Å²) in [5.41, 5.74) is 1.11. The highest BCUT2D eigenvalue weighted by atomic mass is 79.9. The van der Waals surface area contributed by atoms with Gasteiger partial charge in [-0.1, -0.05) is 6.07 Å². The van der Waals surface area contributed by atoms with E-state index in [1.54, 1.807) is 7.11 Å². The lowest BCUT2D eigenvalue weighted by Gasteiger charge is -2.13. The van der Waals surface area contributed by atoms with E-state index in [2.05, 4.69) is 15.9 Å². The minimum absolute atomic E-state index is 0.0550. The van der Waals surface area contributed by atoms with Crippen molar-refractivity contribution >= 4 is 21.8 Å². The standard InChI is InChI=1S/C13H16BrNO3/c1-17-12-5-3-10(9-11(12)14)4-6-13(16)15-7-2-8-18-15/h3,5,9H,2,4,6-8H2,1H3. The molecule has 5 heteroatoms. The second-order valence-corrected chi connectivity index (χ2v) is 5.01. The second kappa shape index (κ2) is 6.20. The van der Waals surface area contributed by atoms with Crippen LogP contribution in [0, 0.1) is 0 Å². The Bertz CT molecular complexity index is 430. The van der Waals surface area contributed by atoms with E-state index in [4.69, 9.17) is 9.57 Å². The van der Waals surface area contributed by atoms with Crippen LogP contribution >= 0.6 is 15.9 Å². The number of carbonyl (C=O) groups is 1. The number of rotatable bonds is 4. The fraction of sp³-hybridized carbons (Fsp3) is 0.462. The highest BCUT2D eigenvalue weighted by molar-refractivity contribution is 9.10. The van der Waals surface area contributed by atoms with E-state index in [1.165, 1.54) is 5.06 Å². The van der Waals surface area contributed by atoms with Gasteiger partial charge in [-0.15, -0.1) is 0 Å². The number of hydrogen-bond acceptors (Lipinski definition) is 3. The largest absolute Gasteiger partial charge is 0.496 e. The minimum Gasteiger partial charge on any atom is -0.496 e. The Kier molecular flexibility index (Phi) is 4.60. The van der Waals surface area contributed by atoms with E-state index in [-0.39, 0.29) is 5.91 Å². The Hall–Kier alpha value is -1.07. The normalized spacial score (nSPS) is 14.9. The molecule has 1 aromatic rings. The van der Waals surface area contributed by atoms with Gasteiger partial charge in [0.15, 0.2) is 0 Å². The molecular weight excluding hydrogens is 298 g/mol. The van der Waals surface area contributed by atoms with Crippen molar-refractivity contribution < 1.29 is 14.4 Å². The van der Waals surface area contributed by atoms with Crippen LogP contribution in [0.1, 0.15) is 18.4 Å². The van der Waals surface area contributed by atoms with E-state index in [1.807, 2.05) is 18.2 Å². The number of hydroxylamine groups is 2. The molecule has 0 atom stereocenters. The van der Waals surface area contributed by atoms with Gasteiger partial charge in [0.05, 0.1) is 24.7 Å². The Balaban J connectivity index is 1.89. The van der Waals surface area contributed by atoms with E-state index in [9.17, 15) is 4.79 Å². The number of hydrogen-bond donors (Lipinski definition) is 0. The zero-order valence-corrected chi connectivity index (χ0v) is 11.9. The van der Waals surface area contributed by atoms with Gasteiger partial charge in [-0.3, -0.25) is 9.63 Å². The molecule has 0 bridgehead atoms. The molecule has 18 heavy (non-hydrogen) atoms. The SMILES string of the molecule is COc1ccc(CCC(=O)N2CCCO2)cc1Br. The number of halogens is 1. The molecule has 1 amide bonds. The van der Waals surface area contributed by atoms with E-state index in [0.717, 1.165) is 22.2 Å². The molecule has 2 rings (SSSR count). The summed E-state index contributed by atoms with van der Waals surface area (Å²) in [4.78, 5) is 17.0. The van der Waals surface area contributed by atoms with Crippen molar-refractivity contribution in [2.24, 2.45) is 0 Å². The molecule has 4 nitrogen and oxygen atoms in total. The molecule has 0 unspecified atom stereocenters. The van der Waals surface area contributed by atoms with Crippen molar-refractivity contribution in [1.29, 1.82) is 0 Å². The first-order valence-electron chi connectivity index (χ1n) is 5.96. The molecule has 0 radical (unpaired) electrons. The van der Waals surface area contributed by atoms with Crippen LogP contribution in [-0.2, 0) is 16.1 Å². The monoisotopic (exact) mass is 313 g/mol. The summed E-state index contributed by atoms with van der Waals surface area (Å²) in [5.74, 6) is 0.854. The molecule has 1 aromatic carbocycles. The summed E-state index contributed by atoms with van der Waals surface area (Å²) in [6.45, 7) is 1.37. The molecule has 1 aliphatic rings. The first-order chi connectivity index (χ1) is 8.70. The third-order valence-electron chi connectivity index (χ3n) is 2.87. The number of nitrogens with zero attached hydrogens (tertiary/aromatic N) is 1. The number of aryl methyl sites for hydroxylation is 1. The van der Waals surface area contributed by atoms with Gasteiger partial charge in [-0.25, -0.2) is 5.06 Å². The Morgan fingerprint density at radius 1 is 1.56 bits per heavy atom. The molecule has 98 valence electrons. The maximum atomic E-state index is 11.8. The fourth-order valence-corrected chi connectivity index (χ4v) is 2.47. The molecule has 0 aromatic heterocycles. The van der Waals surface area contributed by atoms with E-state index >= 15 is 0 Å². The first kappa shape index (κ1) is 13.4. The molecule has 1 heterocycles. The molecule has 1 aliphatic heterocycles. The Morgan fingerprint density at radius 2 is 2.39 bits per heavy atom. The third kappa shape index (κ3) is 3.23. The second-order valence-electron chi connectivity index (χ2n) is 4.15. The zero-order valence-electron chi connectivity index (χ0n) is 10.3. The van der Waals surface area contributed by atoms with Gasteiger partial charge in [-0.05, 0) is 46.5 Å². The van der Waals surface area contributed by atoms with Crippen molar-refractivity contribution in [1.82, 2.24) is 5.06 Å². The topological polar surface area (TPSA) is 38.8 Å². The van der Waals surface area contributed by atoms with Crippen LogP contribution in [0.4, 0.5) is 0 Å². The van der Waals surface area contributed by atoms with Crippen molar-refractivity contribution in [3.63, 3.8) is 0 Å². The molecule has 1 fully saturated rings. The quantitative estimate of drug-likeness (QED) is 0.857. The molecule has 0 aliphatic carbocycles. The average molecular weight is 314 g/mol. The lowest BCUT2D eigenvalue weighted by molar-refractivity contribution is -0.168. The average Bonchev–Trinajstić information content (AvgIpc) is 2.90. The van der Waals surface area contributed by atoms with Crippen molar-refractivity contribution in [2.75, 3.05) is 20.3 Å². The van der Waals surface area contributed by atoms with Crippen molar-refractivity contribution in [3.05, 3.63) is 28.2 Å². The van der Waals surface area contributed by atoms with Crippen LogP contribution in [0.15, 0.2) is 22.7 Å². The lowest BCUT2D eigenvalue weighted by atomic mass is 10.1.